The Kier molecular flexibility index (Phi) is 4.71. The number of nitrogens with one attached hydrogen (secondary N) is 1. The Labute approximate surface area is 116 Å². The molecule has 19 heavy (non-hydrogen) atoms. The number of carbonyl (C=O) groups excluding carboxylic acids is 1. The highest BCUT2D eigenvalue weighted by Crippen LogP contribution is 2.29. The van der Waals surface area contributed by atoms with Crippen LogP contribution in [0, 0.1) is 0 Å². The topological polar surface area (TPSA) is 41.6 Å². The molecule has 0 unspecified atom stereocenters. The van der Waals surface area contributed by atoms with Gasteiger partial charge in [0, 0.05) is 12.1 Å². The molecule has 4 heteroatoms. The smallest absolute Gasteiger partial charge is 0.410 e. The van der Waals surface area contributed by atoms with Gasteiger partial charge in [0.1, 0.15) is 5.60 Å². The fourth-order valence-corrected chi connectivity index (χ4v) is 3.18. The summed E-state index contributed by atoms with van der Waals surface area (Å²) < 4.78 is 5.63. The average Bonchev–Trinajstić information content (AvgIpc) is 2.82. The Bertz CT molecular complexity index is 300. The van der Waals surface area contributed by atoms with Crippen LogP contribution in [-0.2, 0) is 4.74 Å². The molecule has 110 valence electrons. The molecule has 1 saturated carbocycles. The predicted octanol–water partition coefficient (Wildman–Crippen LogP) is 2.92. The van der Waals surface area contributed by atoms with Crippen molar-refractivity contribution in [2.45, 2.75) is 77.0 Å². The summed E-state index contributed by atoms with van der Waals surface area (Å²) in [7, 11) is 0. The van der Waals surface area contributed by atoms with Gasteiger partial charge in [0.15, 0.2) is 0 Å². The summed E-state index contributed by atoms with van der Waals surface area (Å²) in [5.41, 5.74) is -0.402. The SMILES string of the molecule is CC(C)(C)OC(=O)N(C1CCCC1)C1CCNCC1. The van der Waals surface area contributed by atoms with E-state index in [0.29, 0.717) is 12.1 Å². The molecule has 0 radical (unpaired) electrons. The van der Waals surface area contributed by atoms with Crippen LogP contribution in [0.4, 0.5) is 4.79 Å². The summed E-state index contributed by atoms with van der Waals surface area (Å²) in [6.45, 7) is 7.85. The van der Waals surface area contributed by atoms with E-state index in [1.165, 1.54) is 12.8 Å². The van der Waals surface area contributed by atoms with Crippen molar-refractivity contribution in [2.75, 3.05) is 13.1 Å². The maximum Gasteiger partial charge on any atom is 0.410 e. The van der Waals surface area contributed by atoms with Crippen molar-refractivity contribution in [1.29, 1.82) is 0 Å². The fraction of sp³-hybridized carbons (Fsp3) is 0.933. The summed E-state index contributed by atoms with van der Waals surface area (Å²) >= 11 is 0. The van der Waals surface area contributed by atoms with Crippen molar-refractivity contribution in [3.8, 4) is 0 Å². The number of hydrogen-bond acceptors (Lipinski definition) is 3. The van der Waals surface area contributed by atoms with Crippen LogP contribution in [0.3, 0.4) is 0 Å². The minimum Gasteiger partial charge on any atom is -0.444 e. The lowest BCUT2D eigenvalue weighted by Crippen LogP contribution is -2.51. The van der Waals surface area contributed by atoms with Gasteiger partial charge in [-0.15, -0.1) is 0 Å². The number of nitrogens with zero attached hydrogens (tertiary/aromatic N) is 1. The molecule has 4 nitrogen and oxygen atoms in total. The minimum atomic E-state index is -0.402. The molecule has 1 saturated heterocycles. The molecule has 2 fully saturated rings. The molecular weight excluding hydrogens is 240 g/mol. The van der Waals surface area contributed by atoms with E-state index < -0.39 is 5.60 Å². The van der Waals surface area contributed by atoms with Crippen molar-refractivity contribution < 1.29 is 9.53 Å². The second-order valence-corrected chi connectivity index (χ2v) is 6.81. The molecular formula is C15H28N2O2. The van der Waals surface area contributed by atoms with Gasteiger partial charge < -0.3 is 15.0 Å². The Morgan fingerprint density at radius 3 is 2.11 bits per heavy atom. The first-order valence-corrected chi connectivity index (χ1v) is 7.69. The van der Waals surface area contributed by atoms with Crippen LogP contribution in [0.5, 0.6) is 0 Å². The Balaban J connectivity index is 2.06. The van der Waals surface area contributed by atoms with Crippen molar-refractivity contribution >= 4 is 6.09 Å². The minimum absolute atomic E-state index is 0.105. The molecule has 0 atom stereocenters. The van der Waals surface area contributed by atoms with Gasteiger partial charge in [-0.2, -0.15) is 0 Å². The van der Waals surface area contributed by atoms with E-state index >= 15 is 0 Å². The molecule has 1 heterocycles. The molecule has 0 aromatic rings. The van der Waals surface area contributed by atoms with E-state index in [0.717, 1.165) is 38.8 Å². The van der Waals surface area contributed by atoms with E-state index in [-0.39, 0.29) is 6.09 Å². The highest BCUT2D eigenvalue weighted by atomic mass is 16.6. The van der Waals surface area contributed by atoms with Gasteiger partial charge in [-0.1, -0.05) is 12.8 Å². The van der Waals surface area contributed by atoms with Crippen molar-refractivity contribution in [3.63, 3.8) is 0 Å². The largest absolute Gasteiger partial charge is 0.444 e. The maximum atomic E-state index is 12.5. The Morgan fingerprint density at radius 1 is 1.05 bits per heavy atom. The van der Waals surface area contributed by atoms with Crippen LogP contribution < -0.4 is 5.32 Å². The van der Waals surface area contributed by atoms with Gasteiger partial charge in [-0.05, 0) is 59.5 Å². The molecule has 1 amide bonds. The maximum absolute atomic E-state index is 12.5. The summed E-state index contributed by atoms with van der Waals surface area (Å²) in [6.07, 6.45) is 6.77. The number of ether oxygens (including phenoxy) is 1. The average molecular weight is 268 g/mol. The molecule has 0 spiro atoms. The highest BCUT2D eigenvalue weighted by molar-refractivity contribution is 5.69. The Hall–Kier alpha value is -0.770. The van der Waals surface area contributed by atoms with Crippen molar-refractivity contribution in [1.82, 2.24) is 10.2 Å². The van der Waals surface area contributed by atoms with E-state index in [1.807, 2.05) is 20.8 Å². The predicted molar refractivity (Wildman–Crippen MR) is 76.2 cm³/mol. The molecule has 0 aromatic carbocycles. The number of hydrogen-bond donors (Lipinski definition) is 1. The van der Waals surface area contributed by atoms with E-state index in [9.17, 15) is 4.79 Å². The first kappa shape index (κ1) is 14.6. The molecule has 2 rings (SSSR count). The molecule has 1 aliphatic carbocycles. The summed E-state index contributed by atoms with van der Waals surface area (Å²) in [5, 5.41) is 3.37. The first-order valence-electron chi connectivity index (χ1n) is 7.69. The normalized spacial score (nSPS) is 22.5. The quantitative estimate of drug-likeness (QED) is 0.837. The fourth-order valence-electron chi connectivity index (χ4n) is 3.18. The third kappa shape index (κ3) is 4.10. The van der Waals surface area contributed by atoms with Gasteiger partial charge >= 0.3 is 6.09 Å². The number of rotatable bonds is 2. The van der Waals surface area contributed by atoms with E-state index in [2.05, 4.69) is 10.2 Å². The second kappa shape index (κ2) is 6.12. The summed E-state index contributed by atoms with van der Waals surface area (Å²) in [5.74, 6) is 0. The van der Waals surface area contributed by atoms with Gasteiger partial charge in [-0.3, -0.25) is 0 Å². The Morgan fingerprint density at radius 2 is 1.58 bits per heavy atom. The van der Waals surface area contributed by atoms with Crippen molar-refractivity contribution in [3.05, 3.63) is 0 Å². The van der Waals surface area contributed by atoms with Gasteiger partial charge in [0.25, 0.3) is 0 Å². The van der Waals surface area contributed by atoms with Crippen LogP contribution in [0.25, 0.3) is 0 Å². The molecule has 0 aromatic heterocycles. The third-order valence-electron chi connectivity index (χ3n) is 4.02. The molecule has 2 aliphatic rings. The zero-order chi connectivity index (χ0) is 13.9. The third-order valence-corrected chi connectivity index (χ3v) is 4.02. The monoisotopic (exact) mass is 268 g/mol. The first-order chi connectivity index (χ1) is 8.97. The number of amides is 1. The van der Waals surface area contributed by atoms with Gasteiger partial charge in [0.2, 0.25) is 0 Å². The lowest BCUT2D eigenvalue weighted by atomic mass is 10.0. The van der Waals surface area contributed by atoms with Crippen LogP contribution >= 0.6 is 0 Å². The zero-order valence-corrected chi connectivity index (χ0v) is 12.6. The standard InChI is InChI=1S/C15H28N2O2/c1-15(2,3)19-14(18)17(12-6-4-5-7-12)13-8-10-16-11-9-13/h12-13,16H,4-11H2,1-3H3. The number of carbonyl (C=O) groups is 1. The van der Waals surface area contributed by atoms with E-state index in [1.54, 1.807) is 0 Å². The zero-order valence-electron chi connectivity index (χ0n) is 12.6. The number of piperidine rings is 1. The molecule has 1 N–H and O–H groups in total. The molecule has 0 bridgehead atoms. The second-order valence-electron chi connectivity index (χ2n) is 6.81. The summed E-state index contributed by atoms with van der Waals surface area (Å²) in [4.78, 5) is 14.6. The summed E-state index contributed by atoms with van der Waals surface area (Å²) in [6, 6.07) is 0.761. The van der Waals surface area contributed by atoms with Crippen molar-refractivity contribution in [2.24, 2.45) is 0 Å². The van der Waals surface area contributed by atoms with Crippen LogP contribution in [-0.4, -0.2) is 41.8 Å². The highest BCUT2D eigenvalue weighted by Gasteiger charge is 2.35. The van der Waals surface area contributed by atoms with Gasteiger partial charge in [0.05, 0.1) is 0 Å². The molecule has 1 aliphatic heterocycles. The van der Waals surface area contributed by atoms with Gasteiger partial charge in [-0.25, -0.2) is 4.79 Å². The lowest BCUT2D eigenvalue weighted by Gasteiger charge is -2.39. The van der Waals surface area contributed by atoms with Crippen LogP contribution in [0.1, 0.15) is 59.3 Å². The van der Waals surface area contributed by atoms with E-state index in [4.69, 9.17) is 4.74 Å². The van der Waals surface area contributed by atoms with Crippen LogP contribution in [0.2, 0.25) is 0 Å². The van der Waals surface area contributed by atoms with Crippen LogP contribution in [0.15, 0.2) is 0 Å². The lowest BCUT2D eigenvalue weighted by molar-refractivity contribution is 0.00165.